The van der Waals surface area contributed by atoms with Crippen molar-refractivity contribution in [1.29, 1.82) is 0 Å². The van der Waals surface area contributed by atoms with Crippen molar-refractivity contribution in [3.8, 4) is 0 Å². The van der Waals surface area contributed by atoms with Crippen LogP contribution in [0.15, 0.2) is 0 Å². The summed E-state index contributed by atoms with van der Waals surface area (Å²) in [6.07, 6.45) is 10.1. The standard InChI is InChI=1S/C16H31N3O.2ClH/c1-14-8-3-6-12-19(14)13-7-11-18-15(20)16(17)9-4-2-5-10-16;;/h14H,2-13,17H2,1H3,(H,18,20);2*1H. The molecule has 6 heteroatoms. The molecule has 0 radical (unpaired) electrons. The van der Waals surface area contributed by atoms with Crippen LogP contribution < -0.4 is 11.1 Å². The van der Waals surface area contributed by atoms with Crippen LogP contribution in [0.3, 0.4) is 0 Å². The third-order valence-electron chi connectivity index (χ3n) is 5.05. The first kappa shape index (κ1) is 22.0. The van der Waals surface area contributed by atoms with Gasteiger partial charge in [-0.25, -0.2) is 0 Å². The maximum Gasteiger partial charge on any atom is 0.240 e. The Hall–Kier alpha value is -0.0300. The fourth-order valence-electron chi connectivity index (χ4n) is 3.56. The highest BCUT2D eigenvalue weighted by atomic mass is 35.5. The normalized spacial score (nSPS) is 24.7. The zero-order valence-corrected chi connectivity index (χ0v) is 15.4. The van der Waals surface area contributed by atoms with Crippen molar-refractivity contribution in [2.24, 2.45) is 5.73 Å². The molecule has 2 aliphatic rings. The molecule has 4 nitrogen and oxygen atoms in total. The van der Waals surface area contributed by atoms with Gasteiger partial charge in [-0.05, 0) is 45.6 Å². The summed E-state index contributed by atoms with van der Waals surface area (Å²) in [6.45, 7) is 5.39. The predicted octanol–water partition coefficient (Wildman–Crippen LogP) is 2.87. The number of carbonyl (C=O) groups is 1. The largest absolute Gasteiger partial charge is 0.354 e. The van der Waals surface area contributed by atoms with Gasteiger partial charge in [0.25, 0.3) is 0 Å². The third-order valence-corrected chi connectivity index (χ3v) is 5.05. The number of rotatable bonds is 5. The van der Waals surface area contributed by atoms with E-state index in [2.05, 4.69) is 17.1 Å². The number of hydrogen-bond donors (Lipinski definition) is 2. The van der Waals surface area contributed by atoms with Gasteiger partial charge in [-0.1, -0.05) is 25.7 Å². The molecule has 1 aliphatic heterocycles. The van der Waals surface area contributed by atoms with Crippen LogP contribution in [0.25, 0.3) is 0 Å². The van der Waals surface area contributed by atoms with E-state index in [0.717, 1.165) is 45.2 Å². The molecule has 3 N–H and O–H groups in total. The average molecular weight is 354 g/mol. The first-order valence-corrected chi connectivity index (χ1v) is 8.43. The van der Waals surface area contributed by atoms with Crippen LogP contribution in [0.1, 0.15) is 64.7 Å². The van der Waals surface area contributed by atoms with Gasteiger partial charge in [-0.15, -0.1) is 24.8 Å². The molecule has 22 heavy (non-hydrogen) atoms. The lowest BCUT2D eigenvalue weighted by atomic mass is 9.82. The molecule has 0 bridgehead atoms. The lowest BCUT2D eigenvalue weighted by Gasteiger charge is -2.34. The molecular weight excluding hydrogens is 321 g/mol. The minimum atomic E-state index is -0.587. The highest BCUT2D eigenvalue weighted by molar-refractivity contribution is 5.86. The van der Waals surface area contributed by atoms with Gasteiger partial charge in [-0.2, -0.15) is 0 Å². The molecule has 132 valence electrons. The summed E-state index contributed by atoms with van der Waals surface area (Å²) in [5, 5.41) is 3.06. The van der Waals surface area contributed by atoms with Crippen molar-refractivity contribution >= 4 is 30.7 Å². The molecule has 2 rings (SSSR count). The summed E-state index contributed by atoms with van der Waals surface area (Å²) >= 11 is 0. The summed E-state index contributed by atoms with van der Waals surface area (Å²) in [5.74, 6) is 0.0730. The number of halogens is 2. The Bertz CT molecular complexity index is 323. The highest BCUT2D eigenvalue weighted by Crippen LogP contribution is 2.25. The molecule has 1 aliphatic carbocycles. The van der Waals surface area contributed by atoms with Gasteiger partial charge >= 0.3 is 0 Å². The van der Waals surface area contributed by atoms with Gasteiger partial charge in [0.2, 0.25) is 5.91 Å². The van der Waals surface area contributed by atoms with E-state index in [1.165, 1.54) is 32.2 Å². The minimum Gasteiger partial charge on any atom is -0.354 e. The van der Waals surface area contributed by atoms with E-state index in [4.69, 9.17) is 5.73 Å². The molecule has 0 aromatic rings. The summed E-state index contributed by atoms with van der Waals surface area (Å²) < 4.78 is 0. The number of likely N-dealkylation sites (tertiary alicyclic amines) is 1. The third kappa shape index (κ3) is 6.23. The number of nitrogens with two attached hydrogens (primary N) is 1. The van der Waals surface area contributed by atoms with Crippen molar-refractivity contribution in [3.05, 3.63) is 0 Å². The molecule has 0 spiro atoms. The van der Waals surface area contributed by atoms with Crippen molar-refractivity contribution in [2.75, 3.05) is 19.6 Å². The first-order valence-electron chi connectivity index (χ1n) is 8.43. The molecule has 1 unspecified atom stereocenters. The van der Waals surface area contributed by atoms with Crippen LogP contribution in [-0.2, 0) is 4.79 Å². The van der Waals surface area contributed by atoms with Crippen LogP contribution in [-0.4, -0.2) is 42.0 Å². The van der Waals surface area contributed by atoms with E-state index >= 15 is 0 Å². The van der Waals surface area contributed by atoms with Crippen LogP contribution in [0.2, 0.25) is 0 Å². The van der Waals surface area contributed by atoms with E-state index in [0.29, 0.717) is 6.04 Å². The molecule has 1 amide bonds. The number of hydrogen-bond acceptors (Lipinski definition) is 3. The summed E-state index contributed by atoms with van der Waals surface area (Å²) in [7, 11) is 0. The first-order chi connectivity index (χ1) is 9.62. The Morgan fingerprint density at radius 3 is 2.50 bits per heavy atom. The van der Waals surface area contributed by atoms with Crippen molar-refractivity contribution in [2.45, 2.75) is 76.3 Å². The van der Waals surface area contributed by atoms with Crippen molar-refractivity contribution < 1.29 is 4.79 Å². The summed E-state index contributed by atoms with van der Waals surface area (Å²) in [5.41, 5.74) is 5.64. The number of nitrogens with zero attached hydrogens (tertiary/aromatic N) is 1. The van der Waals surface area contributed by atoms with Gasteiger partial charge in [0.15, 0.2) is 0 Å². The smallest absolute Gasteiger partial charge is 0.240 e. The second-order valence-electron chi connectivity index (χ2n) is 6.71. The lowest BCUT2D eigenvalue weighted by Crippen LogP contribution is -2.55. The van der Waals surface area contributed by atoms with E-state index in [1.807, 2.05) is 0 Å². The van der Waals surface area contributed by atoms with Crippen LogP contribution in [0.4, 0.5) is 0 Å². The zero-order chi connectivity index (χ0) is 14.4. The Labute approximate surface area is 147 Å². The maximum atomic E-state index is 12.2. The Morgan fingerprint density at radius 1 is 1.18 bits per heavy atom. The van der Waals surface area contributed by atoms with Crippen molar-refractivity contribution in [1.82, 2.24) is 10.2 Å². The van der Waals surface area contributed by atoms with E-state index in [9.17, 15) is 4.79 Å². The van der Waals surface area contributed by atoms with Crippen LogP contribution >= 0.6 is 24.8 Å². The van der Waals surface area contributed by atoms with Gasteiger partial charge in [0, 0.05) is 19.1 Å². The fourth-order valence-corrected chi connectivity index (χ4v) is 3.56. The monoisotopic (exact) mass is 353 g/mol. The second-order valence-corrected chi connectivity index (χ2v) is 6.71. The second kappa shape index (κ2) is 10.7. The number of piperidine rings is 1. The van der Waals surface area contributed by atoms with Gasteiger partial charge in [0.1, 0.15) is 0 Å². The maximum absolute atomic E-state index is 12.2. The lowest BCUT2D eigenvalue weighted by molar-refractivity contribution is -0.127. The fraction of sp³-hybridized carbons (Fsp3) is 0.938. The van der Waals surface area contributed by atoms with Gasteiger partial charge in [0.05, 0.1) is 5.54 Å². The molecule has 1 saturated heterocycles. The molecule has 2 fully saturated rings. The van der Waals surface area contributed by atoms with Crippen LogP contribution in [0, 0.1) is 0 Å². The Kier molecular flexibility index (Phi) is 10.7. The van der Waals surface area contributed by atoms with Gasteiger partial charge in [-0.3, -0.25) is 4.79 Å². The number of amides is 1. The van der Waals surface area contributed by atoms with Crippen molar-refractivity contribution in [3.63, 3.8) is 0 Å². The molecular formula is C16H33Cl2N3O. The minimum absolute atomic E-state index is 0. The van der Waals surface area contributed by atoms with E-state index in [-0.39, 0.29) is 30.7 Å². The number of nitrogens with one attached hydrogen (secondary N) is 1. The molecule has 0 aromatic carbocycles. The topological polar surface area (TPSA) is 58.4 Å². The number of carbonyl (C=O) groups excluding carboxylic acids is 1. The molecule has 0 aromatic heterocycles. The summed E-state index contributed by atoms with van der Waals surface area (Å²) in [6, 6.07) is 0.707. The summed E-state index contributed by atoms with van der Waals surface area (Å²) in [4.78, 5) is 14.7. The molecule has 1 atom stereocenters. The van der Waals surface area contributed by atoms with E-state index in [1.54, 1.807) is 0 Å². The zero-order valence-electron chi connectivity index (χ0n) is 13.8. The molecule has 1 heterocycles. The Morgan fingerprint density at radius 2 is 1.86 bits per heavy atom. The Balaban J connectivity index is 0.00000220. The highest BCUT2D eigenvalue weighted by Gasteiger charge is 2.34. The predicted molar refractivity (Wildman–Crippen MR) is 97.0 cm³/mol. The van der Waals surface area contributed by atoms with Crippen LogP contribution in [0.5, 0.6) is 0 Å². The average Bonchev–Trinajstić information content (AvgIpc) is 2.46. The molecule has 1 saturated carbocycles. The SMILES string of the molecule is CC1CCCCN1CCCNC(=O)C1(N)CCCCC1.Cl.Cl. The van der Waals surface area contributed by atoms with Gasteiger partial charge < -0.3 is 16.0 Å². The van der Waals surface area contributed by atoms with E-state index < -0.39 is 5.54 Å². The quantitative estimate of drug-likeness (QED) is 0.747.